The van der Waals surface area contributed by atoms with Crippen molar-refractivity contribution in [3.05, 3.63) is 29.8 Å². The molecule has 23 heavy (non-hydrogen) atoms. The van der Waals surface area contributed by atoms with Gasteiger partial charge in [0, 0.05) is 31.9 Å². The molecule has 1 aromatic rings. The lowest BCUT2D eigenvalue weighted by molar-refractivity contribution is -0.134. The highest BCUT2D eigenvalue weighted by Crippen LogP contribution is 2.13. The van der Waals surface area contributed by atoms with E-state index in [4.69, 9.17) is 0 Å². The normalized spacial score (nSPS) is 21.3. The van der Waals surface area contributed by atoms with Crippen LogP contribution in [0.25, 0.3) is 0 Å². The summed E-state index contributed by atoms with van der Waals surface area (Å²) < 4.78 is 0. The minimum Gasteiger partial charge on any atom is -0.338 e. The second-order valence-electron chi connectivity index (χ2n) is 6.26. The number of nitrogens with zero attached hydrogens (tertiary/aromatic N) is 2. The fourth-order valence-electron chi connectivity index (χ4n) is 3.17. The zero-order chi connectivity index (χ0) is 16.2. The molecule has 1 aromatic carbocycles. The van der Waals surface area contributed by atoms with Gasteiger partial charge in [0.05, 0.1) is 6.04 Å². The molecule has 1 atom stereocenters. The van der Waals surface area contributed by atoms with E-state index in [1.54, 1.807) is 4.90 Å². The van der Waals surface area contributed by atoms with Crippen LogP contribution in [0.4, 0.5) is 10.5 Å². The smallest absolute Gasteiger partial charge is 0.321 e. The van der Waals surface area contributed by atoms with Crippen molar-refractivity contribution < 1.29 is 9.59 Å². The van der Waals surface area contributed by atoms with E-state index in [2.05, 4.69) is 10.6 Å². The van der Waals surface area contributed by atoms with Crippen LogP contribution >= 0.6 is 0 Å². The summed E-state index contributed by atoms with van der Waals surface area (Å²) in [6.45, 7) is 5.30. The van der Waals surface area contributed by atoms with E-state index in [0.717, 1.165) is 30.6 Å². The predicted molar refractivity (Wildman–Crippen MR) is 89.4 cm³/mol. The lowest BCUT2D eigenvalue weighted by Crippen LogP contribution is -2.54. The van der Waals surface area contributed by atoms with Gasteiger partial charge in [-0.1, -0.05) is 12.1 Å². The van der Waals surface area contributed by atoms with Crippen molar-refractivity contribution >= 4 is 17.6 Å². The number of carbonyl (C=O) groups is 2. The Labute approximate surface area is 136 Å². The summed E-state index contributed by atoms with van der Waals surface area (Å²) in [6.07, 6.45) is 1.99. The number of rotatable bonds is 2. The third kappa shape index (κ3) is 3.82. The van der Waals surface area contributed by atoms with E-state index in [-0.39, 0.29) is 18.0 Å². The van der Waals surface area contributed by atoms with Crippen LogP contribution in [0.5, 0.6) is 0 Å². The van der Waals surface area contributed by atoms with Crippen molar-refractivity contribution in [3.8, 4) is 0 Å². The van der Waals surface area contributed by atoms with Crippen molar-refractivity contribution in [1.82, 2.24) is 15.1 Å². The zero-order valence-electron chi connectivity index (χ0n) is 13.5. The maximum absolute atomic E-state index is 12.3. The Morgan fingerprint density at radius 1 is 1.17 bits per heavy atom. The quantitative estimate of drug-likeness (QED) is 0.867. The van der Waals surface area contributed by atoms with Crippen LogP contribution in [0, 0.1) is 6.92 Å². The molecule has 0 radical (unpaired) electrons. The average molecular weight is 316 g/mol. The SMILES string of the molecule is Cc1cccc(NC(=O)N2CCN(C(=O)[C@@H]3CCCN3)CC2)c1. The summed E-state index contributed by atoms with van der Waals surface area (Å²) in [4.78, 5) is 28.3. The molecule has 0 bridgehead atoms. The topological polar surface area (TPSA) is 64.7 Å². The molecule has 6 heteroatoms. The first-order valence-electron chi connectivity index (χ1n) is 8.28. The van der Waals surface area contributed by atoms with Crippen molar-refractivity contribution in [2.24, 2.45) is 0 Å². The number of amides is 3. The summed E-state index contributed by atoms with van der Waals surface area (Å²) >= 11 is 0. The van der Waals surface area contributed by atoms with E-state index < -0.39 is 0 Å². The number of piperazine rings is 1. The molecule has 2 N–H and O–H groups in total. The van der Waals surface area contributed by atoms with E-state index >= 15 is 0 Å². The highest BCUT2D eigenvalue weighted by atomic mass is 16.2. The Bertz CT molecular complexity index is 576. The van der Waals surface area contributed by atoms with Crippen molar-refractivity contribution in [2.75, 3.05) is 38.0 Å². The minimum atomic E-state index is -0.0957. The Kier molecular flexibility index (Phi) is 4.81. The molecule has 6 nitrogen and oxygen atoms in total. The standard InChI is InChI=1S/C17H24N4O2/c1-13-4-2-5-14(12-13)19-17(23)21-10-8-20(9-11-21)16(22)15-6-3-7-18-15/h2,4-5,12,15,18H,3,6-11H2,1H3,(H,19,23)/t15-/m0/s1. The van der Waals surface area contributed by atoms with Gasteiger partial charge in [-0.15, -0.1) is 0 Å². The molecule has 0 aliphatic carbocycles. The van der Waals surface area contributed by atoms with Crippen molar-refractivity contribution in [3.63, 3.8) is 0 Å². The highest BCUT2D eigenvalue weighted by molar-refractivity contribution is 5.89. The fourth-order valence-corrected chi connectivity index (χ4v) is 3.17. The van der Waals surface area contributed by atoms with Gasteiger partial charge in [0.25, 0.3) is 0 Å². The molecule has 0 spiro atoms. The molecule has 2 heterocycles. The third-order valence-corrected chi connectivity index (χ3v) is 4.51. The summed E-state index contributed by atoms with van der Waals surface area (Å²) in [6, 6.07) is 7.64. The number of anilines is 1. The maximum atomic E-state index is 12.3. The van der Waals surface area contributed by atoms with E-state index in [1.165, 1.54) is 0 Å². The first kappa shape index (κ1) is 15.8. The van der Waals surface area contributed by atoms with Crippen molar-refractivity contribution in [1.29, 1.82) is 0 Å². The molecular weight excluding hydrogens is 292 g/mol. The van der Waals surface area contributed by atoms with Crippen molar-refractivity contribution in [2.45, 2.75) is 25.8 Å². The molecule has 3 amide bonds. The van der Waals surface area contributed by atoms with Gasteiger partial charge in [0.2, 0.25) is 5.91 Å². The molecule has 2 saturated heterocycles. The van der Waals surface area contributed by atoms with Crippen LogP contribution in [0.15, 0.2) is 24.3 Å². The van der Waals surface area contributed by atoms with Crippen LogP contribution < -0.4 is 10.6 Å². The fraction of sp³-hybridized carbons (Fsp3) is 0.529. The van der Waals surface area contributed by atoms with Crippen LogP contribution in [0.3, 0.4) is 0 Å². The monoisotopic (exact) mass is 316 g/mol. The second kappa shape index (κ2) is 7.00. The van der Waals surface area contributed by atoms with E-state index in [1.807, 2.05) is 36.1 Å². The largest absolute Gasteiger partial charge is 0.338 e. The summed E-state index contributed by atoms with van der Waals surface area (Å²) in [5.74, 6) is 0.182. The first-order valence-corrected chi connectivity index (χ1v) is 8.28. The predicted octanol–water partition coefficient (Wildman–Crippen LogP) is 1.42. The lowest BCUT2D eigenvalue weighted by Gasteiger charge is -2.35. The number of hydrogen-bond donors (Lipinski definition) is 2. The Morgan fingerprint density at radius 3 is 2.57 bits per heavy atom. The number of aryl methyl sites for hydroxylation is 1. The van der Waals surface area contributed by atoms with E-state index in [9.17, 15) is 9.59 Å². The molecule has 3 rings (SSSR count). The number of hydrogen-bond acceptors (Lipinski definition) is 3. The van der Waals surface area contributed by atoms with Gasteiger partial charge in [-0.2, -0.15) is 0 Å². The lowest BCUT2D eigenvalue weighted by atomic mass is 10.2. The first-order chi connectivity index (χ1) is 11.1. The molecule has 0 aromatic heterocycles. The van der Waals surface area contributed by atoms with Crippen LogP contribution in [0.1, 0.15) is 18.4 Å². The van der Waals surface area contributed by atoms with Gasteiger partial charge in [0.1, 0.15) is 0 Å². The number of benzene rings is 1. The molecule has 2 aliphatic rings. The Balaban J connectivity index is 1.50. The summed E-state index contributed by atoms with van der Waals surface area (Å²) in [5, 5.41) is 6.16. The molecule has 0 saturated carbocycles. The van der Waals surface area contributed by atoms with Crippen LogP contribution in [-0.2, 0) is 4.79 Å². The van der Waals surface area contributed by atoms with E-state index in [0.29, 0.717) is 26.2 Å². The number of nitrogens with one attached hydrogen (secondary N) is 2. The van der Waals surface area contributed by atoms with Gasteiger partial charge in [-0.3, -0.25) is 4.79 Å². The third-order valence-electron chi connectivity index (χ3n) is 4.51. The Morgan fingerprint density at radius 2 is 1.91 bits per heavy atom. The Hall–Kier alpha value is -2.08. The van der Waals surface area contributed by atoms with Gasteiger partial charge < -0.3 is 20.4 Å². The molecule has 0 unspecified atom stereocenters. The molecule has 124 valence electrons. The second-order valence-corrected chi connectivity index (χ2v) is 6.26. The maximum Gasteiger partial charge on any atom is 0.321 e. The summed E-state index contributed by atoms with van der Waals surface area (Å²) in [7, 11) is 0. The number of urea groups is 1. The molecule has 2 fully saturated rings. The average Bonchev–Trinajstić information content (AvgIpc) is 3.09. The van der Waals surface area contributed by atoms with Gasteiger partial charge in [0.15, 0.2) is 0 Å². The van der Waals surface area contributed by atoms with Crippen LogP contribution in [0.2, 0.25) is 0 Å². The summed E-state index contributed by atoms with van der Waals surface area (Å²) in [5.41, 5.74) is 1.92. The highest BCUT2D eigenvalue weighted by Gasteiger charge is 2.30. The van der Waals surface area contributed by atoms with Gasteiger partial charge in [-0.25, -0.2) is 4.79 Å². The number of carbonyl (C=O) groups excluding carboxylic acids is 2. The van der Waals surface area contributed by atoms with Crippen LogP contribution in [-0.4, -0.2) is 60.5 Å². The van der Waals surface area contributed by atoms with Gasteiger partial charge >= 0.3 is 6.03 Å². The molecule has 2 aliphatic heterocycles. The zero-order valence-corrected chi connectivity index (χ0v) is 13.5. The minimum absolute atomic E-state index is 0.0253. The molecular formula is C17H24N4O2. The van der Waals surface area contributed by atoms with Gasteiger partial charge in [-0.05, 0) is 44.0 Å².